The molecule has 0 saturated carbocycles. The maximum Gasteiger partial charge on any atom is 0.246 e. The lowest BCUT2D eigenvalue weighted by Crippen LogP contribution is -2.38. The average Bonchev–Trinajstić information content (AvgIpc) is 3.09. The highest BCUT2D eigenvalue weighted by Gasteiger charge is 2.47. The molecule has 2 heterocycles. The summed E-state index contributed by atoms with van der Waals surface area (Å²) < 4.78 is 0.987. The number of aryl methyl sites for hydroxylation is 1. The fraction of sp³-hybridized carbons (Fsp3) is 0.333. The number of hydrogen-bond acceptors (Lipinski definition) is 5. The molecule has 3 amide bonds. The molecule has 1 fully saturated rings. The van der Waals surface area contributed by atoms with E-state index < -0.39 is 5.91 Å². The predicted molar refractivity (Wildman–Crippen MR) is 95.1 cm³/mol. The van der Waals surface area contributed by atoms with Gasteiger partial charge in [-0.15, -0.1) is 0 Å². The van der Waals surface area contributed by atoms with Crippen LogP contribution in [0.25, 0.3) is 10.2 Å². The lowest BCUT2D eigenvalue weighted by Gasteiger charge is -2.14. The van der Waals surface area contributed by atoms with Crippen LogP contribution in [-0.4, -0.2) is 34.2 Å². The zero-order valence-corrected chi connectivity index (χ0v) is 14.5. The van der Waals surface area contributed by atoms with Gasteiger partial charge >= 0.3 is 0 Å². The van der Waals surface area contributed by atoms with E-state index in [0.29, 0.717) is 18.0 Å². The van der Waals surface area contributed by atoms with Gasteiger partial charge in [0.2, 0.25) is 17.7 Å². The van der Waals surface area contributed by atoms with Crippen molar-refractivity contribution in [3.63, 3.8) is 0 Å². The summed E-state index contributed by atoms with van der Waals surface area (Å²) in [6.07, 6.45) is 5.01. The molecule has 0 bridgehead atoms. The molecule has 0 unspecified atom stereocenters. The Morgan fingerprint density at radius 3 is 2.60 bits per heavy atom. The predicted octanol–water partition coefficient (Wildman–Crippen LogP) is 2.49. The third-order valence-corrected chi connectivity index (χ3v) is 5.62. The molecule has 2 aliphatic rings. The Morgan fingerprint density at radius 1 is 1.24 bits per heavy atom. The molecule has 1 aliphatic heterocycles. The molecule has 0 spiro atoms. The number of likely N-dealkylation sites (tertiary alicyclic amines) is 1. The maximum atomic E-state index is 12.4. The number of nitrogens with one attached hydrogen (secondary N) is 1. The number of thiazole rings is 1. The van der Waals surface area contributed by atoms with Crippen molar-refractivity contribution in [3.05, 3.63) is 35.9 Å². The van der Waals surface area contributed by atoms with E-state index in [-0.39, 0.29) is 30.2 Å². The second-order valence-corrected chi connectivity index (χ2v) is 7.49. The highest BCUT2D eigenvalue weighted by molar-refractivity contribution is 7.22. The third-order valence-electron chi connectivity index (χ3n) is 4.69. The molecule has 0 radical (unpaired) electrons. The van der Waals surface area contributed by atoms with Crippen LogP contribution in [0, 0.1) is 18.8 Å². The lowest BCUT2D eigenvalue weighted by atomic mass is 9.85. The summed E-state index contributed by atoms with van der Waals surface area (Å²) in [6.45, 7) is 1.75. The van der Waals surface area contributed by atoms with E-state index in [0.717, 1.165) is 20.7 Å². The van der Waals surface area contributed by atoms with Crippen LogP contribution >= 0.6 is 11.3 Å². The minimum absolute atomic E-state index is 0.241. The van der Waals surface area contributed by atoms with Crippen molar-refractivity contribution >= 4 is 44.4 Å². The number of fused-ring (bicyclic) bond motifs is 2. The number of nitrogens with zero attached hydrogens (tertiary/aromatic N) is 2. The summed E-state index contributed by atoms with van der Waals surface area (Å²) in [4.78, 5) is 42.6. The smallest absolute Gasteiger partial charge is 0.246 e. The number of carbonyl (C=O) groups is 3. The molecule has 6 nitrogen and oxygen atoms in total. The van der Waals surface area contributed by atoms with Gasteiger partial charge in [-0.1, -0.05) is 29.6 Å². The Kier molecular flexibility index (Phi) is 3.88. The van der Waals surface area contributed by atoms with Crippen LogP contribution in [0.4, 0.5) is 5.13 Å². The summed E-state index contributed by atoms with van der Waals surface area (Å²) in [6, 6.07) is 5.88. The second kappa shape index (κ2) is 6.07. The van der Waals surface area contributed by atoms with Gasteiger partial charge in [0.1, 0.15) is 6.54 Å². The molecule has 1 N–H and O–H groups in total. The number of rotatable bonds is 3. The van der Waals surface area contributed by atoms with Crippen LogP contribution in [0.15, 0.2) is 30.4 Å². The van der Waals surface area contributed by atoms with Crippen LogP contribution in [-0.2, 0) is 14.4 Å². The molecule has 1 aliphatic carbocycles. The summed E-state index contributed by atoms with van der Waals surface area (Å²) in [5.74, 6) is -1.50. The zero-order valence-electron chi connectivity index (χ0n) is 13.7. The van der Waals surface area contributed by atoms with E-state index in [9.17, 15) is 14.4 Å². The summed E-state index contributed by atoms with van der Waals surface area (Å²) in [7, 11) is 0. The molecular weight excluding hydrogens is 338 g/mol. The normalized spacial score (nSPS) is 22.5. The molecule has 1 aromatic heterocycles. The number of benzene rings is 1. The monoisotopic (exact) mass is 355 g/mol. The fourth-order valence-electron chi connectivity index (χ4n) is 3.41. The topological polar surface area (TPSA) is 79.4 Å². The van der Waals surface area contributed by atoms with E-state index in [1.54, 1.807) is 0 Å². The van der Waals surface area contributed by atoms with Crippen LogP contribution in [0.3, 0.4) is 0 Å². The molecular formula is C18H17N3O3S. The molecule has 128 valence electrons. The number of carbonyl (C=O) groups excluding carboxylic acids is 3. The van der Waals surface area contributed by atoms with Crippen LogP contribution in [0.5, 0.6) is 0 Å². The molecule has 4 rings (SSSR count). The van der Waals surface area contributed by atoms with Crippen molar-refractivity contribution in [3.8, 4) is 0 Å². The van der Waals surface area contributed by atoms with Crippen molar-refractivity contribution < 1.29 is 14.4 Å². The van der Waals surface area contributed by atoms with Crippen LogP contribution < -0.4 is 5.32 Å². The maximum absolute atomic E-state index is 12.4. The summed E-state index contributed by atoms with van der Waals surface area (Å²) in [5.41, 5.74) is 1.94. The van der Waals surface area contributed by atoms with Gasteiger partial charge in [0.25, 0.3) is 0 Å². The number of hydrogen-bond donors (Lipinski definition) is 1. The van der Waals surface area contributed by atoms with Gasteiger partial charge in [-0.2, -0.15) is 0 Å². The number of anilines is 1. The van der Waals surface area contributed by atoms with Gasteiger partial charge in [-0.3, -0.25) is 19.3 Å². The van der Waals surface area contributed by atoms with Crippen molar-refractivity contribution in [1.29, 1.82) is 0 Å². The van der Waals surface area contributed by atoms with E-state index in [4.69, 9.17) is 0 Å². The first-order valence-corrected chi connectivity index (χ1v) is 9.02. The highest BCUT2D eigenvalue weighted by Crippen LogP contribution is 2.35. The van der Waals surface area contributed by atoms with E-state index in [1.807, 2.05) is 37.3 Å². The van der Waals surface area contributed by atoms with Gasteiger partial charge in [0, 0.05) is 0 Å². The molecule has 1 saturated heterocycles. The molecule has 25 heavy (non-hydrogen) atoms. The Bertz CT molecular complexity index is 891. The molecule has 1 aromatic carbocycles. The van der Waals surface area contributed by atoms with Gasteiger partial charge in [-0.25, -0.2) is 4.98 Å². The van der Waals surface area contributed by atoms with Crippen molar-refractivity contribution in [2.75, 3.05) is 11.9 Å². The average molecular weight is 355 g/mol. The highest BCUT2D eigenvalue weighted by atomic mass is 32.1. The standard InChI is InChI=1S/C18H17N3O3S/c1-10-6-7-13-14(8-10)25-18(19-13)20-15(22)9-21-16(23)11-4-2-3-5-12(11)17(21)24/h2-3,6-8,11-12H,4-5,9H2,1H3,(H,19,20,22)/t11-,12-/m1/s1. The summed E-state index contributed by atoms with van der Waals surface area (Å²) >= 11 is 1.38. The lowest BCUT2D eigenvalue weighted by molar-refractivity contribution is -0.142. The van der Waals surface area contributed by atoms with Gasteiger partial charge in [0.05, 0.1) is 22.1 Å². The first-order chi connectivity index (χ1) is 12.0. The Hall–Kier alpha value is -2.54. The summed E-state index contributed by atoms with van der Waals surface area (Å²) in [5, 5.41) is 3.18. The minimum atomic E-state index is -0.399. The Balaban J connectivity index is 1.46. The van der Waals surface area contributed by atoms with Gasteiger partial charge < -0.3 is 5.32 Å². The van der Waals surface area contributed by atoms with Gasteiger partial charge in [-0.05, 0) is 37.5 Å². The number of amides is 3. The van der Waals surface area contributed by atoms with Crippen molar-refractivity contribution in [1.82, 2.24) is 9.88 Å². The number of imide groups is 1. The SMILES string of the molecule is Cc1ccc2nc(NC(=O)CN3C(=O)[C@@H]4CC=CC[C@H]4C3=O)sc2c1. The minimum Gasteiger partial charge on any atom is -0.300 e. The largest absolute Gasteiger partial charge is 0.300 e. The van der Waals surface area contributed by atoms with Crippen LogP contribution in [0.1, 0.15) is 18.4 Å². The van der Waals surface area contributed by atoms with Crippen molar-refractivity contribution in [2.45, 2.75) is 19.8 Å². The molecule has 2 aromatic rings. The molecule has 7 heteroatoms. The third kappa shape index (κ3) is 2.84. The first-order valence-electron chi connectivity index (χ1n) is 8.20. The number of aromatic nitrogens is 1. The van der Waals surface area contributed by atoms with Crippen LogP contribution in [0.2, 0.25) is 0 Å². The molecule has 2 atom stereocenters. The Labute approximate surface area is 148 Å². The van der Waals surface area contributed by atoms with E-state index in [2.05, 4.69) is 10.3 Å². The fourth-order valence-corrected chi connectivity index (χ4v) is 4.39. The zero-order chi connectivity index (χ0) is 17.6. The van der Waals surface area contributed by atoms with E-state index in [1.165, 1.54) is 11.3 Å². The quantitative estimate of drug-likeness (QED) is 0.678. The van der Waals surface area contributed by atoms with E-state index >= 15 is 0 Å². The second-order valence-electron chi connectivity index (χ2n) is 6.46. The Morgan fingerprint density at radius 2 is 1.92 bits per heavy atom. The van der Waals surface area contributed by atoms with Crippen molar-refractivity contribution in [2.24, 2.45) is 11.8 Å². The van der Waals surface area contributed by atoms with Gasteiger partial charge in [0.15, 0.2) is 5.13 Å². The number of allylic oxidation sites excluding steroid dienone is 2. The first kappa shape index (κ1) is 16.0.